The van der Waals surface area contributed by atoms with E-state index in [4.69, 9.17) is 17.3 Å². The second-order valence-electron chi connectivity index (χ2n) is 5.72. The number of halogens is 1. The van der Waals surface area contributed by atoms with E-state index in [1.165, 1.54) is 0 Å². The van der Waals surface area contributed by atoms with Gasteiger partial charge in [-0.2, -0.15) is 4.31 Å². The Hall–Kier alpha value is -0.620. The van der Waals surface area contributed by atoms with Crippen molar-refractivity contribution in [3.8, 4) is 0 Å². The van der Waals surface area contributed by atoms with Gasteiger partial charge in [0.2, 0.25) is 10.0 Å². The van der Waals surface area contributed by atoms with Crippen molar-refractivity contribution < 1.29 is 8.42 Å². The lowest BCUT2D eigenvalue weighted by atomic mass is 10.2. The summed E-state index contributed by atoms with van der Waals surface area (Å²) in [5.74, 6) is 0.535. The fourth-order valence-corrected chi connectivity index (χ4v) is 4.67. The lowest BCUT2D eigenvalue weighted by molar-refractivity contribution is 0.389. The minimum atomic E-state index is -3.49. The van der Waals surface area contributed by atoms with Gasteiger partial charge in [0.15, 0.2) is 0 Å². The van der Waals surface area contributed by atoms with Crippen LogP contribution < -0.4 is 5.73 Å². The molecule has 0 amide bonds. The number of benzene rings is 1. The van der Waals surface area contributed by atoms with E-state index in [1.54, 1.807) is 22.5 Å². The fraction of sp³-hybridized carbons (Fsp3) is 0.571. The summed E-state index contributed by atoms with van der Waals surface area (Å²) < 4.78 is 27.3. The van der Waals surface area contributed by atoms with Crippen molar-refractivity contribution in [2.24, 2.45) is 11.7 Å². The molecule has 6 heteroatoms. The van der Waals surface area contributed by atoms with Crippen molar-refractivity contribution >= 4 is 21.6 Å². The van der Waals surface area contributed by atoms with Gasteiger partial charge >= 0.3 is 0 Å². The molecule has 0 atom stereocenters. The summed E-state index contributed by atoms with van der Waals surface area (Å²) in [6, 6.07) is 5.14. The molecule has 0 aliphatic heterocycles. The van der Waals surface area contributed by atoms with Gasteiger partial charge in [-0.3, -0.25) is 0 Å². The minimum absolute atomic E-state index is 0.172. The third-order valence-corrected chi connectivity index (χ3v) is 6.31. The van der Waals surface area contributed by atoms with Gasteiger partial charge in [0.1, 0.15) is 4.90 Å². The molecule has 4 nitrogen and oxygen atoms in total. The van der Waals surface area contributed by atoms with Gasteiger partial charge < -0.3 is 5.73 Å². The second-order valence-corrected chi connectivity index (χ2v) is 7.98. The van der Waals surface area contributed by atoms with Gasteiger partial charge in [-0.1, -0.05) is 17.7 Å². The van der Waals surface area contributed by atoms with Crippen LogP contribution in [0.1, 0.15) is 31.2 Å². The first-order chi connectivity index (χ1) is 9.52. The molecule has 0 saturated heterocycles. The molecule has 0 heterocycles. The summed E-state index contributed by atoms with van der Waals surface area (Å²) in [4.78, 5) is 0.212. The molecule has 3 rings (SSSR count). The third-order valence-electron chi connectivity index (χ3n) is 3.91. The zero-order chi connectivity index (χ0) is 14.3. The lowest BCUT2D eigenvalue weighted by Crippen LogP contribution is -2.35. The highest BCUT2D eigenvalue weighted by molar-refractivity contribution is 7.89. The molecule has 1 aromatic rings. The molecule has 110 valence electrons. The first-order valence-electron chi connectivity index (χ1n) is 7.02. The van der Waals surface area contributed by atoms with Crippen LogP contribution in [-0.2, 0) is 16.6 Å². The number of nitrogens with zero attached hydrogens (tertiary/aromatic N) is 1. The SMILES string of the molecule is NCc1ccc(S(=O)(=O)N(CC2CC2)C2CC2)c(Cl)c1. The van der Waals surface area contributed by atoms with E-state index in [1.807, 2.05) is 0 Å². The summed E-state index contributed by atoms with van der Waals surface area (Å²) in [5, 5.41) is 0.273. The number of nitrogens with two attached hydrogens (primary N) is 1. The molecular weight excluding hydrogens is 296 g/mol. The van der Waals surface area contributed by atoms with Crippen LogP contribution in [0, 0.1) is 5.92 Å². The van der Waals surface area contributed by atoms with Crippen LogP contribution in [-0.4, -0.2) is 25.3 Å². The van der Waals surface area contributed by atoms with E-state index in [9.17, 15) is 8.42 Å². The minimum Gasteiger partial charge on any atom is -0.326 e. The predicted octanol–water partition coefficient (Wildman–Crippen LogP) is 2.36. The standard InChI is InChI=1S/C14H19ClN2O2S/c15-13-7-11(8-16)3-6-14(13)20(18,19)17(12-4-5-12)9-10-1-2-10/h3,6-7,10,12H,1-2,4-5,8-9,16H2. The van der Waals surface area contributed by atoms with Crippen molar-refractivity contribution in [3.63, 3.8) is 0 Å². The predicted molar refractivity (Wildman–Crippen MR) is 79.0 cm³/mol. The summed E-state index contributed by atoms with van der Waals surface area (Å²) >= 11 is 6.15. The average molecular weight is 315 g/mol. The van der Waals surface area contributed by atoms with Crippen LogP contribution in [0.25, 0.3) is 0 Å². The maximum atomic E-state index is 12.8. The maximum absolute atomic E-state index is 12.8. The van der Waals surface area contributed by atoms with E-state index >= 15 is 0 Å². The molecular formula is C14H19ClN2O2S. The highest BCUT2D eigenvalue weighted by atomic mass is 35.5. The molecule has 0 bridgehead atoms. The Kier molecular flexibility index (Phi) is 3.79. The number of hydrogen-bond acceptors (Lipinski definition) is 3. The van der Waals surface area contributed by atoms with Gasteiger partial charge in [-0.15, -0.1) is 0 Å². The molecule has 2 aliphatic rings. The van der Waals surface area contributed by atoms with E-state index in [2.05, 4.69) is 0 Å². The Balaban J connectivity index is 1.92. The molecule has 2 fully saturated rings. The Morgan fingerprint density at radius 2 is 1.95 bits per heavy atom. The summed E-state index contributed by atoms with van der Waals surface area (Å²) in [6.45, 7) is 0.996. The smallest absolute Gasteiger partial charge is 0.244 e. The van der Waals surface area contributed by atoms with Crippen molar-refractivity contribution in [1.82, 2.24) is 4.31 Å². The monoisotopic (exact) mass is 314 g/mol. The molecule has 2 N–H and O–H groups in total. The summed E-state index contributed by atoms with van der Waals surface area (Å²) in [6.07, 6.45) is 4.20. The van der Waals surface area contributed by atoms with Crippen LogP contribution in [0.2, 0.25) is 5.02 Å². The normalized spacial score (nSPS) is 19.6. The number of hydrogen-bond donors (Lipinski definition) is 1. The van der Waals surface area contributed by atoms with Gasteiger partial charge in [-0.25, -0.2) is 8.42 Å². The highest BCUT2D eigenvalue weighted by Crippen LogP contribution is 2.39. The lowest BCUT2D eigenvalue weighted by Gasteiger charge is -2.22. The topological polar surface area (TPSA) is 63.4 Å². The maximum Gasteiger partial charge on any atom is 0.244 e. The first-order valence-corrected chi connectivity index (χ1v) is 8.84. The van der Waals surface area contributed by atoms with Crippen LogP contribution in [0.5, 0.6) is 0 Å². The number of sulfonamides is 1. The van der Waals surface area contributed by atoms with Crippen LogP contribution in [0.4, 0.5) is 0 Å². The molecule has 0 unspecified atom stereocenters. The van der Waals surface area contributed by atoms with E-state index in [-0.39, 0.29) is 16.0 Å². The van der Waals surface area contributed by atoms with Crippen molar-refractivity contribution in [3.05, 3.63) is 28.8 Å². The largest absolute Gasteiger partial charge is 0.326 e. The van der Waals surface area contributed by atoms with Crippen LogP contribution in [0.15, 0.2) is 23.1 Å². The zero-order valence-electron chi connectivity index (χ0n) is 11.3. The Morgan fingerprint density at radius 3 is 2.45 bits per heavy atom. The van der Waals surface area contributed by atoms with Crippen molar-refractivity contribution in [1.29, 1.82) is 0 Å². The highest BCUT2D eigenvalue weighted by Gasteiger charge is 2.41. The molecule has 0 radical (unpaired) electrons. The first kappa shape index (κ1) is 14.3. The molecule has 20 heavy (non-hydrogen) atoms. The van der Waals surface area contributed by atoms with Crippen LogP contribution in [0.3, 0.4) is 0 Å². The van der Waals surface area contributed by atoms with Gasteiger partial charge in [0.25, 0.3) is 0 Å². The molecule has 1 aromatic carbocycles. The summed E-state index contributed by atoms with van der Waals surface area (Å²) in [7, 11) is -3.49. The Morgan fingerprint density at radius 1 is 1.25 bits per heavy atom. The van der Waals surface area contributed by atoms with Crippen molar-refractivity contribution in [2.45, 2.75) is 43.2 Å². The van der Waals surface area contributed by atoms with E-state index < -0.39 is 10.0 Å². The molecule has 0 aromatic heterocycles. The molecule has 2 saturated carbocycles. The number of rotatable bonds is 6. The van der Waals surface area contributed by atoms with Crippen LogP contribution >= 0.6 is 11.6 Å². The Labute approximate surface area is 125 Å². The average Bonchev–Trinajstić information content (AvgIpc) is 3.27. The Bertz CT molecular complexity index is 610. The molecule has 2 aliphatic carbocycles. The van der Waals surface area contributed by atoms with Gasteiger partial charge in [0, 0.05) is 19.1 Å². The zero-order valence-corrected chi connectivity index (χ0v) is 12.8. The summed E-state index contributed by atoms with van der Waals surface area (Å²) in [5.41, 5.74) is 6.39. The van der Waals surface area contributed by atoms with E-state index in [0.717, 1.165) is 31.2 Å². The fourth-order valence-electron chi connectivity index (χ4n) is 2.37. The quantitative estimate of drug-likeness (QED) is 0.876. The van der Waals surface area contributed by atoms with Gasteiger partial charge in [0.05, 0.1) is 5.02 Å². The second kappa shape index (κ2) is 5.30. The van der Waals surface area contributed by atoms with Crippen molar-refractivity contribution in [2.75, 3.05) is 6.54 Å². The molecule has 0 spiro atoms. The van der Waals surface area contributed by atoms with E-state index in [0.29, 0.717) is 19.0 Å². The van der Waals surface area contributed by atoms with Gasteiger partial charge in [-0.05, 0) is 49.3 Å². The third kappa shape index (κ3) is 2.86.